The topological polar surface area (TPSA) is 146 Å². The Bertz CT molecular complexity index is 1110. The number of methoxy groups -OCH3 is 1. The molecule has 0 unspecified atom stereocenters. The molecule has 0 aliphatic rings. The first-order valence-electron chi connectivity index (χ1n) is 11.7. The number of hydrogen-bond donors (Lipinski definition) is 2. The minimum absolute atomic E-state index is 0.0239. The third-order valence-electron chi connectivity index (χ3n) is 4.45. The minimum Gasteiger partial charge on any atom is -0.494 e. The van der Waals surface area contributed by atoms with Crippen LogP contribution in [0.3, 0.4) is 0 Å². The zero-order chi connectivity index (χ0) is 29.1. The van der Waals surface area contributed by atoms with E-state index < -0.39 is 16.8 Å². The molecular formula is C27H35N3O8. The van der Waals surface area contributed by atoms with E-state index in [1.54, 1.807) is 44.3 Å². The van der Waals surface area contributed by atoms with Crippen molar-refractivity contribution in [3.63, 3.8) is 0 Å². The Labute approximate surface area is 222 Å². The lowest BCUT2D eigenvalue weighted by Crippen LogP contribution is -2.18. The fraction of sp³-hybridized carbons (Fsp3) is 0.296. The average molecular weight is 530 g/mol. The lowest BCUT2D eigenvalue weighted by molar-refractivity contribution is -0.384. The van der Waals surface area contributed by atoms with Crippen LogP contribution < -0.4 is 20.1 Å². The smallest absolute Gasteiger partial charge is 0.330 e. The van der Waals surface area contributed by atoms with Gasteiger partial charge in [0.2, 0.25) is 0 Å². The summed E-state index contributed by atoms with van der Waals surface area (Å²) in [6, 6.07) is 11.0. The molecule has 1 amide bonds. The van der Waals surface area contributed by atoms with Crippen molar-refractivity contribution in [2.45, 2.75) is 27.7 Å². The Morgan fingerprint density at radius 3 is 2.18 bits per heavy atom. The van der Waals surface area contributed by atoms with Gasteiger partial charge in [-0.2, -0.15) is 0 Å². The molecule has 2 aromatic carbocycles. The van der Waals surface area contributed by atoms with Crippen LogP contribution in [0.2, 0.25) is 0 Å². The molecule has 0 aliphatic heterocycles. The normalized spacial score (nSPS) is 9.79. The first kappa shape index (κ1) is 33.3. The highest BCUT2D eigenvalue weighted by atomic mass is 16.6. The Morgan fingerprint density at radius 1 is 1.08 bits per heavy atom. The van der Waals surface area contributed by atoms with E-state index in [4.69, 9.17) is 14.2 Å². The summed E-state index contributed by atoms with van der Waals surface area (Å²) in [6.45, 7) is 10.6. The molecule has 0 aliphatic carbocycles. The zero-order valence-electron chi connectivity index (χ0n) is 22.5. The van der Waals surface area contributed by atoms with Gasteiger partial charge in [0.25, 0.3) is 11.6 Å². The number of allylic oxidation sites excluding steroid dienone is 1. The van der Waals surface area contributed by atoms with Crippen LogP contribution in [0.1, 0.15) is 27.7 Å². The molecule has 0 saturated heterocycles. The number of hydrogen-bond acceptors (Lipinski definition) is 9. The van der Waals surface area contributed by atoms with Gasteiger partial charge in [0.05, 0.1) is 29.4 Å². The van der Waals surface area contributed by atoms with Crippen molar-refractivity contribution < 1.29 is 33.5 Å². The van der Waals surface area contributed by atoms with Crippen LogP contribution >= 0.6 is 0 Å². The number of nitrogens with one attached hydrogen (secondary N) is 2. The molecule has 2 rings (SSSR count). The van der Waals surface area contributed by atoms with Crippen molar-refractivity contribution in [1.82, 2.24) is 0 Å². The number of carbonyl (C=O) groups is 3. The Kier molecular flexibility index (Phi) is 16.3. The summed E-state index contributed by atoms with van der Waals surface area (Å²) in [6.07, 6.45) is 2.55. The largest absolute Gasteiger partial charge is 0.494 e. The van der Waals surface area contributed by atoms with E-state index in [9.17, 15) is 24.5 Å². The van der Waals surface area contributed by atoms with E-state index in [0.29, 0.717) is 17.2 Å². The van der Waals surface area contributed by atoms with Crippen molar-refractivity contribution in [1.29, 1.82) is 0 Å². The highest BCUT2D eigenvalue weighted by Gasteiger charge is 2.13. The summed E-state index contributed by atoms with van der Waals surface area (Å²) in [5, 5.41) is 15.9. The summed E-state index contributed by atoms with van der Waals surface area (Å²) in [7, 11) is 3.20. The molecule has 0 saturated carbocycles. The van der Waals surface area contributed by atoms with Gasteiger partial charge in [0, 0.05) is 24.9 Å². The first-order chi connectivity index (χ1) is 18.2. The molecule has 38 heavy (non-hydrogen) atoms. The minimum atomic E-state index is -0.503. The average Bonchev–Trinajstić information content (AvgIpc) is 2.92. The van der Waals surface area contributed by atoms with E-state index in [-0.39, 0.29) is 30.3 Å². The summed E-state index contributed by atoms with van der Waals surface area (Å²) in [5.41, 5.74) is 1.40. The molecule has 2 aromatic rings. The standard InChI is InChI=1S/C17H19NO5.C8H10N2O3.C2H6/c1-4-15(12(3)19)17(21)18-13-6-8-14(9-7-13)22-10-11-23-16(20)5-2;1-9-7-4-3-6(10(11)12)5-8(7)13-2;1-2/h4-9H,2,10-11H2,1,3H3,(H,18,21);3-5,9H,1-2H3;1-2H3/b15-4-;;. The van der Waals surface area contributed by atoms with E-state index in [0.717, 1.165) is 11.8 Å². The fourth-order valence-electron chi connectivity index (χ4n) is 2.69. The van der Waals surface area contributed by atoms with Crippen LogP contribution in [-0.4, -0.2) is 50.0 Å². The molecule has 206 valence electrons. The lowest BCUT2D eigenvalue weighted by Gasteiger charge is -2.09. The predicted molar refractivity (Wildman–Crippen MR) is 147 cm³/mol. The number of Topliss-reactive ketones (excluding diaryl/α,β-unsaturated/α-hetero) is 1. The molecule has 0 aromatic heterocycles. The van der Waals surface area contributed by atoms with Crippen molar-refractivity contribution >= 4 is 34.7 Å². The number of amides is 1. The van der Waals surface area contributed by atoms with Gasteiger partial charge in [-0.3, -0.25) is 19.7 Å². The molecule has 0 radical (unpaired) electrons. The number of nitro groups is 1. The number of non-ortho nitro benzene ring substituents is 1. The molecule has 0 spiro atoms. The highest BCUT2D eigenvalue weighted by molar-refractivity contribution is 6.22. The zero-order valence-corrected chi connectivity index (χ0v) is 22.5. The number of ketones is 1. The summed E-state index contributed by atoms with van der Waals surface area (Å²) in [5.74, 6) is -0.215. The maximum atomic E-state index is 11.9. The van der Waals surface area contributed by atoms with Gasteiger partial charge in [0.15, 0.2) is 5.78 Å². The van der Waals surface area contributed by atoms with Crippen LogP contribution in [0.15, 0.2) is 66.8 Å². The number of nitro benzene ring substituents is 1. The maximum Gasteiger partial charge on any atom is 0.330 e. The van der Waals surface area contributed by atoms with Crippen LogP contribution in [0.25, 0.3) is 0 Å². The Morgan fingerprint density at radius 2 is 1.71 bits per heavy atom. The summed E-state index contributed by atoms with van der Waals surface area (Å²) in [4.78, 5) is 43.9. The summed E-state index contributed by atoms with van der Waals surface area (Å²) >= 11 is 0. The number of benzene rings is 2. The molecular weight excluding hydrogens is 494 g/mol. The van der Waals surface area contributed by atoms with Crippen molar-refractivity contribution in [2.24, 2.45) is 0 Å². The van der Waals surface area contributed by atoms with Crippen LogP contribution in [0.4, 0.5) is 17.1 Å². The van der Waals surface area contributed by atoms with Gasteiger partial charge < -0.3 is 24.8 Å². The predicted octanol–water partition coefficient (Wildman–Crippen LogP) is 4.94. The number of anilines is 2. The second-order valence-corrected chi connectivity index (χ2v) is 6.85. The van der Waals surface area contributed by atoms with Crippen LogP contribution in [0.5, 0.6) is 11.5 Å². The quantitative estimate of drug-likeness (QED) is 0.0786. The number of carbonyl (C=O) groups excluding carboxylic acids is 3. The van der Waals surface area contributed by atoms with Gasteiger partial charge in [-0.05, 0) is 44.2 Å². The number of rotatable bonds is 11. The second kappa shape index (κ2) is 18.6. The van der Waals surface area contributed by atoms with Crippen LogP contribution in [-0.2, 0) is 19.1 Å². The van der Waals surface area contributed by atoms with Gasteiger partial charge in [0.1, 0.15) is 24.7 Å². The van der Waals surface area contributed by atoms with E-state index in [1.165, 1.54) is 32.2 Å². The molecule has 11 heteroatoms. The summed E-state index contributed by atoms with van der Waals surface area (Å²) < 4.78 is 15.1. The van der Waals surface area contributed by atoms with Gasteiger partial charge in [-0.15, -0.1) is 0 Å². The fourth-order valence-corrected chi connectivity index (χ4v) is 2.69. The molecule has 11 nitrogen and oxygen atoms in total. The third-order valence-corrected chi connectivity index (χ3v) is 4.45. The number of esters is 1. The van der Waals surface area contributed by atoms with Gasteiger partial charge in [-0.1, -0.05) is 26.5 Å². The number of ether oxygens (including phenoxy) is 3. The third kappa shape index (κ3) is 11.8. The van der Waals surface area contributed by atoms with Crippen molar-refractivity contribution in [3.8, 4) is 11.5 Å². The number of nitrogens with zero attached hydrogens (tertiary/aromatic N) is 1. The van der Waals surface area contributed by atoms with Crippen molar-refractivity contribution in [3.05, 3.63) is 76.9 Å². The Hall–Kier alpha value is -4.67. The van der Waals surface area contributed by atoms with E-state index in [2.05, 4.69) is 17.2 Å². The van der Waals surface area contributed by atoms with Crippen molar-refractivity contribution in [2.75, 3.05) is 38.0 Å². The van der Waals surface area contributed by atoms with E-state index >= 15 is 0 Å². The molecule has 0 bridgehead atoms. The van der Waals surface area contributed by atoms with Gasteiger partial charge in [-0.25, -0.2) is 4.79 Å². The monoisotopic (exact) mass is 529 g/mol. The maximum absolute atomic E-state index is 11.9. The molecule has 0 heterocycles. The SMILES string of the molecule is C=CC(=O)OCCOc1ccc(NC(=O)/C(=C\C)C(C)=O)cc1.CC.CNc1ccc([N+](=O)[O-])cc1OC. The molecule has 0 atom stereocenters. The lowest BCUT2D eigenvalue weighted by atomic mass is 10.1. The molecule has 2 N–H and O–H groups in total. The van der Waals surface area contributed by atoms with E-state index in [1.807, 2.05) is 13.8 Å². The molecule has 0 fully saturated rings. The highest BCUT2D eigenvalue weighted by Crippen LogP contribution is 2.28. The first-order valence-corrected chi connectivity index (χ1v) is 11.7. The Balaban J connectivity index is 0.000000770. The second-order valence-electron chi connectivity index (χ2n) is 6.85. The van der Waals surface area contributed by atoms with Crippen LogP contribution in [0, 0.1) is 10.1 Å². The van der Waals surface area contributed by atoms with Gasteiger partial charge >= 0.3 is 5.97 Å².